The molecule has 2 N–H and O–H groups in total. The summed E-state index contributed by atoms with van der Waals surface area (Å²) in [5.74, 6) is -2.05. The minimum absolute atomic E-state index is 0.368. The van der Waals surface area contributed by atoms with Crippen LogP contribution in [0, 0.1) is 0 Å². The van der Waals surface area contributed by atoms with Crippen LogP contribution in [0.25, 0.3) is 0 Å². The Morgan fingerprint density at radius 1 is 1.31 bits per heavy atom. The van der Waals surface area contributed by atoms with Crippen molar-refractivity contribution in [2.45, 2.75) is 32.4 Å². The number of carbonyl (C=O) groups excluding carboxylic acids is 2. The maximum absolute atomic E-state index is 11.1. The summed E-state index contributed by atoms with van der Waals surface area (Å²) in [4.78, 5) is 32.6. The second kappa shape index (κ2) is 6.65. The van der Waals surface area contributed by atoms with Gasteiger partial charge < -0.3 is 19.9 Å². The van der Waals surface area contributed by atoms with Crippen molar-refractivity contribution in [1.82, 2.24) is 5.32 Å². The summed E-state index contributed by atoms with van der Waals surface area (Å²) in [6, 6.07) is -1.35. The van der Waals surface area contributed by atoms with Gasteiger partial charge in [-0.2, -0.15) is 0 Å². The predicted octanol–water partition coefficient (Wildman–Crippen LogP) is 0.137. The van der Waals surface area contributed by atoms with Crippen molar-refractivity contribution in [3.63, 3.8) is 0 Å². The standard InChI is InChI=1S/C9H15NO6/c1-5(2)16-9(14)10-6(8(12)13)4-7(11)15-3/h5-6H,4H2,1-3H3,(H,10,14)(H,12,13)/t6-/m0/s1. The number of methoxy groups -OCH3 is 1. The van der Waals surface area contributed by atoms with Crippen molar-refractivity contribution < 1.29 is 29.0 Å². The molecular formula is C9H15NO6. The van der Waals surface area contributed by atoms with E-state index in [9.17, 15) is 14.4 Å². The summed E-state index contributed by atoms with van der Waals surface area (Å²) < 4.78 is 8.98. The van der Waals surface area contributed by atoms with Crippen molar-refractivity contribution in [3.05, 3.63) is 0 Å². The second-order valence-electron chi connectivity index (χ2n) is 3.27. The van der Waals surface area contributed by atoms with E-state index in [0.29, 0.717) is 0 Å². The summed E-state index contributed by atoms with van der Waals surface area (Å²) in [6.45, 7) is 3.24. The van der Waals surface area contributed by atoms with Gasteiger partial charge in [-0.15, -0.1) is 0 Å². The van der Waals surface area contributed by atoms with Crippen LogP contribution in [0.2, 0.25) is 0 Å². The van der Waals surface area contributed by atoms with Gasteiger partial charge in [-0.05, 0) is 13.8 Å². The Labute approximate surface area is 92.7 Å². The fourth-order valence-electron chi connectivity index (χ4n) is 0.840. The number of carboxylic acid groups (broad SMARTS) is 1. The van der Waals surface area contributed by atoms with Gasteiger partial charge in [0.2, 0.25) is 0 Å². The number of esters is 1. The van der Waals surface area contributed by atoms with Crippen molar-refractivity contribution in [3.8, 4) is 0 Å². The number of nitrogens with one attached hydrogen (secondary N) is 1. The van der Waals surface area contributed by atoms with E-state index in [-0.39, 0.29) is 6.10 Å². The Bertz CT molecular complexity index is 275. The highest BCUT2D eigenvalue weighted by molar-refractivity contribution is 5.85. The minimum atomic E-state index is -1.35. The molecule has 0 spiro atoms. The van der Waals surface area contributed by atoms with E-state index < -0.39 is 30.5 Å². The molecule has 1 atom stereocenters. The van der Waals surface area contributed by atoms with E-state index in [1.165, 1.54) is 0 Å². The lowest BCUT2D eigenvalue weighted by molar-refractivity contribution is -0.147. The van der Waals surface area contributed by atoms with Gasteiger partial charge in [-0.1, -0.05) is 0 Å². The molecule has 0 aliphatic carbocycles. The molecule has 0 aromatic rings. The number of aliphatic carboxylic acids is 1. The molecule has 7 nitrogen and oxygen atoms in total. The smallest absolute Gasteiger partial charge is 0.408 e. The van der Waals surface area contributed by atoms with E-state index in [1.54, 1.807) is 13.8 Å². The van der Waals surface area contributed by atoms with Crippen LogP contribution >= 0.6 is 0 Å². The molecule has 0 aliphatic rings. The normalized spacial score (nSPS) is 11.8. The monoisotopic (exact) mass is 233 g/mol. The number of carboxylic acids is 1. The Morgan fingerprint density at radius 2 is 1.88 bits per heavy atom. The summed E-state index contributed by atoms with van der Waals surface area (Å²) in [5, 5.41) is 10.8. The zero-order valence-corrected chi connectivity index (χ0v) is 9.35. The quantitative estimate of drug-likeness (QED) is 0.655. The third kappa shape index (κ3) is 5.84. The maximum atomic E-state index is 11.1. The number of carbonyl (C=O) groups is 3. The van der Waals surface area contributed by atoms with Crippen LogP contribution in [0.5, 0.6) is 0 Å². The highest BCUT2D eigenvalue weighted by atomic mass is 16.6. The lowest BCUT2D eigenvalue weighted by Crippen LogP contribution is -2.43. The van der Waals surface area contributed by atoms with Gasteiger partial charge in [0, 0.05) is 0 Å². The molecule has 7 heteroatoms. The molecule has 0 fully saturated rings. The van der Waals surface area contributed by atoms with Crippen LogP contribution < -0.4 is 5.32 Å². The fourth-order valence-corrected chi connectivity index (χ4v) is 0.840. The third-order valence-electron chi connectivity index (χ3n) is 1.53. The van der Waals surface area contributed by atoms with Crippen molar-refractivity contribution in [1.29, 1.82) is 0 Å². The zero-order chi connectivity index (χ0) is 12.7. The number of rotatable bonds is 5. The first-order valence-corrected chi connectivity index (χ1v) is 4.63. The predicted molar refractivity (Wildman–Crippen MR) is 52.8 cm³/mol. The lowest BCUT2D eigenvalue weighted by Gasteiger charge is -2.14. The van der Waals surface area contributed by atoms with Gasteiger partial charge >= 0.3 is 18.0 Å². The van der Waals surface area contributed by atoms with E-state index >= 15 is 0 Å². The van der Waals surface area contributed by atoms with Crippen molar-refractivity contribution in [2.24, 2.45) is 0 Å². The summed E-state index contributed by atoms with van der Waals surface area (Å²) in [5.41, 5.74) is 0. The minimum Gasteiger partial charge on any atom is -0.480 e. The molecule has 92 valence electrons. The van der Waals surface area contributed by atoms with Crippen LogP contribution in [0.3, 0.4) is 0 Å². The van der Waals surface area contributed by atoms with Gasteiger partial charge in [0.05, 0.1) is 19.6 Å². The maximum Gasteiger partial charge on any atom is 0.408 e. The van der Waals surface area contributed by atoms with E-state index in [0.717, 1.165) is 7.11 Å². The Hall–Kier alpha value is -1.79. The zero-order valence-electron chi connectivity index (χ0n) is 9.35. The molecule has 0 rings (SSSR count). The first-order valence-electron chi connectivity index (χ1n) is 4.63. The van der Waals surface area contributed by atoms with Crippen LogP contribution in [0.1, 0.15) is 20.3 Å². The Balaban J connectivity index is 4.28. The molecule has 16 heavy (non-hydrogen) atoms. The lowest BCUT2D eigenvalue weighted by atomic mass is 10.2. The molecule has 0 aromatic heterocycles. The van der Waals surface area contributed by atoms with Gasteiger partial charge in [0.15, 0.2) is 0 Å². The first-order chi connectivity index (χ1) is 7.36. The van der Waals surface area contributed by atoms with E-state index in [4.69, 9.17) is 5.11 Å². The van der Waals surface area contributed by atoms with Crippen LogP contribution in [-0.4, -0.2) is 42.4 Å². The number of amides is 1. The average Bonchev–Trinajstić information content (AvgIpc) is 2.14. The number of hydrogen-bond donors (Lipinski definition) is 2. The molecule has 1 amide bonds. The Kier molecular flexibility index (Phi) is 5.91. The van der Waals surface area contributed by atoms with Gasteiger partial charge in [0.1, 0.15) is 6.04 Å². The molecule has 0 radical (unpaired) electrons. The highest BCUT2D eigenvalue weighted by Gasteiger charge is 2.24. The number of alkyl carbamates (subject to hydrolysis) is 1. The molecule has 0 saturated heterocycles. The number of hydrogen-bond acceptors (Lipinski definition) is 5. The summed E-state index contributed by atoms with van der Waals surface area (Å²) in [7, 11) is 1.13. The van der Waals surface area contributed by atoms with Gasteiger partial charge in [0.25, 0.3) is 0 Å². The SMILES string of the molecule is COC(=O)C[C@H](NC(=O)OC(C)C)C(=O)O. The molecule has 0 saturated carbocycles. The molecule has 0 aromatic carbocycles. The topological polar surface area (TPSA) is 102 Å². The summed E-state index contributed by atoms with van der Waals surface area (Å²) >= 11 is 0. The average molecular weight is 233 g/mol. The molecule has 0 unspecified atom stereocenters. The van der Waals surface area contributed by atoms with E-state index in [2.05, 4.69) is 14.8 Å². The van der Waals surface area contributed by atoms with Crippen LogP contribution in [0.4, 0.5) is 4.79 Å². The Morgan fingerprint density at radius 3 is 2.25 bits per heavy atom. The van der Waals surface area contributed by atoms with Crippen molar-refractivity contribution >= 4 is 18.0 Å². The third-order valence-corrected chi connectivity index (χ3v) is 1.53. The van der Waals surface area contributed by atoms with Crippen molar-refractivity contribution in [2.75, 3.05) is 7.11 Å². The molecular weight excluding hydrogens is 218 g/mol. The van der Waals surface area contributed by atoms with Gasteiger partial charge in [-0.25, -0.2) is 9.59 Å². The van der Waals surface area contributed by atoms with E-state index in [1.807, 2.05) is 0 Å². The molecule has 0 bridgehead atoms. The largest absolute Gasteiger partial charge is 0.480 e. The highest BCUT2D eigenvalue weighted by Crippen LogP contribution is 1.97. The molecule has 0 aliphatic heterocycles. The molecule has 0 heterocycles. The first kappa shape index (κ1) is 14.2. The number of ether oxygens (including phenoxy) is 2. The van der Waals surface area contributed by atoms with Gasteiger partial charge in [-0.3, -0.25) is 4.79 Å². The van der Waals surface area contributed by atoms with Crippen LogP contribution in [-0.2, 0) is 19.1 Å². The van der Waals surface area contributed by atoms with Crippen LogP contribution in [0.15, 0.2) is 0 Å². The summed E-state index contributed by atoms with van der Waals surface area (Å²) in [6.07, 6.45) is -1.70. The fraction of sp³-hybridized carbons (Fsp3) is 0.667. The second-order valence-corrected chi connectivity index (χ2v) is 3.27.